The first-order chi connectivity index (χ1) is 3.89. The normalized spacial score (nSPS) is 13.5. The maximum atomic E-state index is 3.69. The van der Waals surface area contributed by atoms with E-state index in [1.165, 1.54) is 6.34 Å². The second kappa shape index (κ2) is 4.24. The Bertz CT molecular complexity index is 108. The highest BCUT2D eigenvalue weighted by molar-refractivity contribution is 5.90. The summed E-state index contributed by atoms with van der Waals surface area (Å²) in [5.41, 5.74) is 0.731. The van der Waals surface area contributed by atoms with Crippen molar-refractivity contribution in [2.75, 3.05) is 0 Å². The van der Waals surface area contributed by atoms with Gasteiger partial charge in [-0.1, -0.05) is 20.4 Å². The van der Waals surface area contributed by atoms with Crippen molar-refractivity contribution >= 4 is 12.6 Å². The van der Waals surface area contributed by atoms with Crippen molar-refractivity contribution < 1.29 is 0 Å². The lowest BCUT2D eigenvalue weighted by Crippen LogP contribution is -1.62. The molecule has 0 aromatic rings. The summed E-state index contributed by atoms with van der Waals surface area (Å²) in [7, 11) is 0. The monoisotopic (exact) mass is 110 g/mol. The first kappa shape index (κ1) is 7.08. The van der Waals surface area contributed by atoms with Crippen LogP contribution in [-0.2, 0) is 0 Å². The van der Waals surface area contributed by atoms with E-state index in [2.05, 4.69) is 16.6 Å². The Kier molecular flexibility index (Phi) is 3.76. The fourth-order valence-corrected chi connectivity index (χ4v) is 0.260. The van der Waals surface area contributed by atoms with Crippen LogP contribution in [0.15, 0.2) is 22.3 Å². The molecule has 44 valence electrons. The van der Waals surface area contributed by atoms with Gasteiger partial charge in [0.05, 0.1) is 11.9 Å². The van der Waals surface area contributed by atoms with Gasteiger partial charge >= 0.3 is 0 Å². The SMILES string of the molecule is C=C1C=NC=N1.CC. The molecule has 0 fully saturated rings. The van der Waals surface area contributed by atoms with Gasteiger partial charge in [0, 0.05) is 0 Å². The highest BCUT2D eigenvalue weighted by Crippen LogP contribution is 1.90. The molecule has 1 heterocycles. The summed E-state index contributed by atoms with van der Waals surface area (Å²) >= 11 is 0. The van der Waals surface area contributed by atoms with E-state index in [0.717, 1.165) is 5.70 Å². The van der Waals surface area contributed by atoms with E-state index in [1.807, 2.05) is 13.8 Å². The van der Waals surface area contributed by atoms with Crippen molar-refractivity contribution in [3.63, 3.8) is 0 Å². The molecule has 0 radical (unpaired) electrons. The summed E-state index contributed by atoms with van der Waals surface area (Å²) < 4.78 is 0. The zero-order valence-corrected chi connectivity index (χ0v) is 5.26. The number of rotatable bonds is 0. The van der Waals surface area contributed by atoms with Crippen molar-refractivity contribution in [2.45, 2.75) is 13.8 Å². The lowest BCUT2D eigenvalue weighted by atomic mass is 10.6. The molecule has 0 N–H and O–H groups in total. The van der Waals surface area contributed by atoms with E-state index in [0.29, 0.717) is 0 Å². The van der Waals surface area contributed by atoms with Crippen molar-refractivity contribution in [1.29, 1.82) is 0 Å². The van der Waals surface area contributed by atoms with Gasteiger partial charge in [0.2, 0.25) is 0 Å². The molecule has 0 unspecified atom stereocenters. The van der Waals surface area contributed by atoms with Crippen LogP contribution < -0.4 is 0 Å². The van der Waals surface area contributed by atoms with Crippen LogP contribution in [0.4, 0.5) is 0 Å². The van der Waals surface area contributed by atoms with Gasteiger partial charge in [0.1, 0.15) is 6.34 Å². The summed E-state index contributed by atoms with van der Waals surface area (Å²) in [6.45, 7) is 7.51. The first-order valence-corrected chi connectivity index (χ1v) is 2.64. The lowest BCUT2D eigenvalue weighted by molar-refractivity contribution is 1.50. The summed E-state index contributed by atoms with van der Waals surface area (Å²) in [4.78, 5) is 7.34. The Morgan fingerprint density at radius 3 is 2.25 bits per heavy atom. The first-order valence-electron chi connectivity index (χ1n) is 2.64. The van der Waals surface area contributed by atoms with Gasteiger partial charge in [-0.3, -0.25) is 0 Å². The van der Waals surface area contributed by atoms with Gasteiger partial charge in [-0.15, -0.1) is 0 Å². The molecule has 0 bridgehead atoms. The van der Waals surface area contributed by atoms with Crippen molar-refractivity contribution in [3.8, 4) is 0 Å². The maximum Gasteiger partial charge on any atom is 0.116 e. The topological polar surface area (TPSA) is 24.7 Å². The Labute approximate surface area is 49.7 Å². The third-order valence-corrected chi connectivity index (χ3v) is 0.514. The fourth-order valence-electron chi connectivity index (χ4n) is 0.260. The van der Waals surface area contributed by atoms with Gasteiger partial charge in [0.15, 0.2) is 0 Å². The molecule has 0 atom stereocenters. The minimum absolute atomic E-state index is 0.731. The molecule has 0 saturated heterocycles. The van der Waals surface area contributed by atoms with E-state index in [4.69, 9.17) is 0 Å². The Morgan fingerprint density at radius 2 is 2.12 bits per heavy atom. The second-order valence-electron chi connectivity index (χ2n) is 1.01. The third-order valence-electron chi connectivity index (χ3n) is 0.514. The van der Waals surface area contributed by atoms with Crippen LogP contribution in [-0.4, -0.2) is 12.6 Å². The number of aliphatic imine (C=N–C) groups is 2. The second-order valence-corrected chi connectivity index (χ2v) is 1.01. The van der Waals surface area contributed by atoms with Crippen LogP contribution in [0.1, 0.15) is 13.8 Å². The smallest absolute Gasteiger partial charge is 0.116 e. The molecule has 2 nitrogen and oxygen atoms in total. The lowest BCUT2D eigenvalue weighted by Gasteiger charge is -1.68. The molecule has 8 heavy (non-hydrogen) atoms. The molecular formula is C6H10N2. The number of hydrogen-bond acceptors (Lipinski definition) is 2. The molecule has 0 aromatic carbocycles. The Morgan fingerprint density at radius 1 is 1.50 bits per heavy atom. The predicted octanol–water partition coefficient (Wildman–Crippen LogP) is 1.64. The van der Waals surface area contributed by atoms with Gasteiger partial charge in [-0.05, 0) is 0 Å². The molecule has 0 saturated carbocycles. The van der Waals surface area contributed by atoms with Crippen molar-refractivity contribution in [3.05, 3.63) is 12.3 Å². The number of hydrogen-bond donors (Lipinski definition) is 0. The zero-order valence-electron chi connectivity index (χ0n) is 5.26. The molecule has 1 rings (SSSR count). The molecule has 1 aliphatic heterocycles. The van der Waals surface area contributed by atoms with Crippen LogP contribution >= 0.6 is 0 Å². The quantitative estimate of drug-likeness (QED) is 0.453. The van der Waals surface area contributed by atoms with E-state index in [1.54, 1.807) is 6.21 Å². The van der Waals surface area contributed by atoms with Crippen LogP contribution in [0.5, 0.6) is 0 Å². The van der Waals surface area contributed by atoms with Gasteiger partial charge in [-0.2, -0.15) is 0 Å². The summed E-state index contributed by atoms with van der Waals surface area (Å²) in [5.74, 6) is 0. The fraction of sp³-hybridized carbons (Fsp3) is 0.333. The largest absolute Gasteiger partial charge is 0.243 e. The maximum absolute atomic E-state index is 3.69. The van der Waals surface area contributed by atoms with Gasteiger partial charge < -0.3 is 0 Å². The molecule has 0 aliphatic carbocycles. The molecule has 0 spiro atoms. The van der Waals surface area contributed by atoms with Crippen LogP contribution in [0.3, 0.4) is 0 Å². The minimum atomic E-state index is 0.731. The predicted molar refractivity (Wildman–Crippen MR) is 37.5 cm³/mol. The average Bonchev–Trinajstić information content (AvgIpc) is 2.24. The molecule has 0 amide bonds. The average molecular weight is 110 g/mol. The standard InChI is InChI=1S/C4H4N2.C2H6/c1-4-2-5-3-6-4;1-2/h2-3H,1H2;1-2H3. The summed E-state index contributed by atoms with van der Waals surface area (Å²) in [5, 5.41) is 0. The van der Waals surface area contributed by atoms with Crippen LogP contribution in [0.2, 0.25) is 0 Å². The number of nitrogens with zero attached hydrogens (tertiary/aromatic N) is 2. The highest BCUT2D eigenvalue weighted by Gasteiger charge is 1.83. The van der Waals surface area contributed by atoms with Crippen LogP contribution in [0.25, 0.3) is 0 Å². The molecule has 2 heteroatoms. The van der Waals surface area contributed by atoms with Crippen LogP contribution in [0, 0.1) is 0 Å². The van der Waals surface area contributed by atoms with E-state index in [9.17, 15) is 0 Å². The summed E-state index contributed by atoms with van der Waals surface area (Å²) in [6, 6.07) is 0. The Balaban J connectivity index is 0.000000222. The highest BCUT2D eigenvalue weighted by atomic mass is 14.9. The van der Waals surface area contributed by atoms with Gasteiger partial charge in [0.25, 0.3) is 0 Å². The third kappa shape index (κ3) is 2.29. The van der Waals surface area contributed by atoms with Gasteiger partial charge in [-0.25, -0.2) is 9.98 Å². The molecule has 0 aromatic heterocycles. The van der Waals surface area contributed by atoms with E-state index < -0.39 is 0 Å². The number of allylic oxidation sites excluding steroid dienone is 1. The summed E-state index contributed by atoms with van der Waals surface area (Å²) in [6.07, 6.45) is 3.09. The zero-order chi connectivity index (χ0) is 6.41. The van der Waals surface area contributed by atoms with Crippen molar-refractivity contribution in [1.82, 2.24) is 0 Å². The minimum Gasteiger partial charge on any atom is -0.243 e. The van der Waals surface area contributed by atoms with E-state index in [-0.39, 0.29) is 0 Å². The van der Waals surface area contributed by atoms with E-state index >= 15 is 0 Å². The molecule has 1 aliphatic rings. The Hall–Kier alpha value is -0.920. The molecular weight excluding hydrogens is 100 g/mol. The van der Waals surface area contributed by atoms with Crippen molar-refractivity contribution in [2.24, 2.45) is 9.98 Å².